The quantitative estimate of drug-likeness (QED) is 0.354. The van der Waals surface area contributed by atoms with E-state index in [1.807, 2.05) is 0 Å². The van der Waals surface area contributed by atoms with Crippen molar-refractivity contribution in [3.8, 4) is 0 Å². The zero-order valence-electron chi connectivity index (χ0n) is 8.93. The van der Waals surface area contributed by atoms with Crippen LogP contribution in [0.3, 0.4) is 0 Å². The Labute approximate surface area is 97.0 Å². The Morgan fingerprint density at radius 3 is 2.23 bits per heavy atom. The number of halogens is 1. The Bertz CT molecular complexity index is 96.1. The van der Waals surface area contributed by atoms with E-state index in [1.54, 1.807) is 0 Å². The highest BCUT2D eigenvalue weighted by Crippen LogP contribution is 2.07. The second-order valence-electron chi connectivity index (χ2n) is 3.76. The minimum atomic E-state index is 0.863. The van der Waals surface area contributed by atoms with Gasteiger partial charge < -0.3 is 5.73 Å². The van der Waals surface area contributed by atoms with E-state index in [0.717, 1.165) is 10.5 Å². The van der Waals surface area contributed by atoms with Crippen LogP contribution in [0.25, 0.3) is 0 Å². The van der Waals surface area contributed by atoms with Crippen LogP contribution in [0.5, 0.6) is 0 Å². The van der Waals surface area contributed by atoms with E-state index in [0.29, 0.717) is 0 Å². The second kappa shape index (κ2) is 10.8. The average molecular weight is 298 g/mol. The van der Waals surface area contributed by atoms with Crippen LogP contribution in [-0.4, -0.2) is 10.5 Å². The normalized spacial score (nSPS) is 13.2. The fourth-order valence-corrected chi connectivity index (χ4v) is 2.42. The van der Waals surface area contributed by atoms with Gasteiger partial charge in [0.1, 0.15) is 0 Å². The molecule has 2 heteroatoms. The molecule has 0 heterocycles. The van der Waals surface area contributed by atoms with Crippen molar-refractivity contribution in [1.29, 1.82) is 0 Å². The average Bonchev–Trinajstić information content (AvgIpc) is 2.14. The van der Waals surface area contributed by atoms with Crippen LogP contribution in [0.1, 0.15) is 58.3 Å². The molecule has 0 spiro atoms. The molecule has 0 aliphatic carbocycles. The van der Waals surface area contributed by atoms with Crippen LogP contribution in [-0.2, 0) is 0 Å². The monoisotopic (exact) mass is 298 g/mol. The van der Waals surface area contributed by atoms with Gasteiger partial charge in [-0.1, -0.05) is 32.6 Å². The SMILES string of the molecule is CCCCCCCC([IH+])CCCN. The first kappa shape index (κ1) is 13.7. The molecular formula is C11H25IN+. The van der Waals surface area contributed by atoms with Crippen molar-refractivity contribution in [2.24, 2.45) is 5.73 Å². The molecule has 2 N–H and O–H groups in total. The molecule has 0 saturated carbocycles. The van der Waals surface area contributed by atoms with Crippen LogP contribution < -0.4 is 28.3 Å². The van der Waals surface area contributed by atoms with Crippen molar-refractivity contribution < 1.29 is 22.6 Å². The van der Waals surface area contributed by atoms with E-state index in [4.69, 9.17) is 5.73 Å². The van der Waals surface area contributed by atoms with E-state index < -0.39 is 0 Å². The van der Waals surface area contributed by atoms with Gasteiger partial charge in [0, 0.05) is 0 Å². The smallest absolute Gasteiger partial charge is 0.255 e. The maximum absolute atomic E-state index is 5.47. The third-order valence-electron chi connectivity index (χ3n) is 2.36. The van der Waals surface area contributed by atoms with Gasteiger partial charge in [-0.15, -0.1) is 0 Å². The Hall–Kier alpha value is 0.690. The van der Waals surface area contributed by atoms with Crippen LogP contribution >= 0.6 is 0 Å². The summed E-state index contributed by atoms with van der Waals surface area (Å²) >= 11 is 2.29. The standard InChI is InChI=1S/C11H25IN/c1-2-3-4-5-6-8-11(12)9-7-10-13/h11-12H,2-10,13H2,1H3/q+1. The lowest BCUT2D eigenvalue weighted by Crippen LogP contribution is -3.39. The zero-order chi connectivity index (χ0) is 9.94. The third-order valence-corrected chi connectivity index (χ3v) is 3.71. The topological polar surface area (TPSA) is 26.0 Å². The first-order chi connectivity index (χ1) is 6.31. The maximum atomic E-state index is 5.47. The van der Waals surface area contributed by atoms with Gasteiger partial charge in [0.25, 0.3) is 22.6 Å². The van der Waals surface area contributed by atoms with Gasteiger partial charge in [0.2, 0.25) is 0 Å². The summed E-state index contributed by atoms with van der Waals surface area (Å²) in [5, 5.41) is 0. The molecule has 0 bridgehead atoms. The summed E-state index contributed by atoms with van der Waals surface area (Å²) in [5.74, 6) is 0. The largest absolute Gasteiger partial charge is 0.330 e. The Kier molecular flexibility index (Phi) is 11.3. The van der Waals surface area contributed by atoms with Gasteiger partial charge in [-0.2, -0.15) is 0 Å². The lowest BCUT2D eigenvalue weighted by atomic mass is 10.1. The summed E-state index contributed by atoms with van der Waals surface area (Å²) in [5.41, 5.74) is 5.47. The molecule has 1 unspecified atom stereocenters. The fourth-order valence-electron chi connectivity index (χ4n) is 1.47. The minimum absolute atomic E-state index is 0.863. The van der Waals surface area contributed by atoms with Crippen LogP contribution in [0.2, 0.25) is 0 Å². The highest BCUT2D eigenvalue weighted by Gasteiger charge is 2.10. The number of hydrogen-bond acceptors (Lipinski definition) is 1. The summed E-state index contributed by atoms with van der Waals surface area (Å²) in [6.07, 6.45) is 11.0. The summed E-state index contributed by atoms with van der Waals surface area (Å²) in [7, 11) is 0. The van der Waals surface area contributed by atoms with Gasteiger partial charge in [0.05, 0.1) is 0 Å². The highest BCUT2D eigenvalue weighted by molar-refractivity contribution is 4.55. The van der Waals surface area contributed by atoms with E-state index in [1.165, 1.54) is 51.4 Å². The van der Waals surface area contributed by atoms with Crippen molar-refractivity contribution >= 4 is 0 Å². The fraction of sp³-hybridized carbons (Fsp3) is 1.00. The zero-order valence-corrected chi connectivity index (χ0v) is 11.3. The number of hydrogen-bond donors (Lipinski definition) is 1. The molecule has 0 aromatic carbocycles. The molecule has 0 saturated heterocycles. The van der Waals surface area contributed by atoms with Gasteiger partial charge in [0.15, 0.2) is 3.92 Å². The molecule has 80 valence electrons. The molecule has 0 aliphatic heterocycles. The van der Waals surface area contributed by atoms with Crippen molar-refractivity contribution in [1.82, 2.24) is 0 Å². The molecule has 0 aromatic rings. The molecule has 1 atom stereocenters. The van der Waals surface area contributed by atoms with Crippen LogP contribution in [0.4, 0.5) is 0 Å². The third kappa shape index (κ3) is 10.6. The molecule has 0 fully saturated rings. The second-order valence-corrected chi connectivity index (χ2v) is 5.66. The predicted molar refractivity (Wildman–Crippen MR) is 56.8 cm³/mol. The Morgan fingerprint density at radius 1 is 1.00 bits per heavy atom. The lowest BCUT2D eigenvalue weighted by Gasteiger charge is -2.02. The number of nitrogens with two attached hydrogens (primary N) is 1. The first-order valence-electron chi connectivity index (χ1n) is 5.67. The van der Waals surface area contributed by atoms with Crippen LogP contribution in [0.15, 0.2) is 0 Å². The van der Waals surface area contributed by atoms with Gasteiger partial charge in [-0.3, -0.25) is 0 Å². The predicted octanol–water partition coefficient (Wildman–Crippen LogP) is -0.260. The van der Waals surface area contributed by atoms with E-state index >= 15 is 0 Å². The van der Waals surface area contributed by atoms with Crippen molar-refractivity contribution in [3.05, 3.63) is 0 Å². The highest BCUT2D eigenvalue weighted by atomic mass is 127. The molecular weight excluding hydrogens is 273 g/mol. The Balaban J connectivity index is 3.03. The molecule has 13 heavy (non-hydrogen) atoms. The molecule has 0 aromatic heterocycles. The lowest BCUT2D eigenvalue weighted by molar-refractivity contribution is -0.422. The van der Waals surface area contributed by atoms with Gasteiger partial charge >= 0.3 is 0 Å². The molecule has 1 nitrogen and oxygen atoms in total. The van der Waals surface area contributed by atoms with Crippen molar-refractivity contribution in [2.75, 3.05) is 6.54 Å². The van der Waals surface area contributed by atoms with E-state index in [9.17, 15) is 0 Å². The molecule has 0 radical (unpaired) electrons. The summed E-state index contributed by atoms with van der Waals surface area (Å²) in [6.45, 7) is 3.13. The van der Waals surface area contributed by atoms with E-state index in [2.05, 4.69) is 29.5 Å². The van der Waals surface area contributed by atoms with Gasteiger partial charge in [-0.25, -0.2) is 0 Å². The number of rotatable bonds is 9. The molecule has 0 aliphatic rings. The summed E-state index contributed by atoms with van der Waals surface area (Å²) in [6, 6.07) is 0. The molecule has 0 rings (SSSR count). The van der Waals surface area contributed by atoms with Crippen molar-refractivity contribution in [3.63, 3.8) is 0 Å². The maximum Gasteiger partial charge on any atom is 0.255 e. The molecule has 0 amide bonds. The number of alkyl halides is 1. The van der Waals surface area contributed by atoms with Crippen LogP contribution in [0, 0.1) is 0 Å². The van der Waals surface area contributed by atoms with Crippen molar-refractivity contribution in [2.45, 2.75) is 62.2 Å². The number of unbranched alkanes of at least 4 members (excludes halogenated alkanes) is 4. The minimum Gasteiger partial charge on any atom is -0.330 e. The summed E-state index contributed by atoms with van der Waals surface area (Å²) in [4.78, 5) is 0. The van der Waals surface area contributed by atoms with Gasteiger partial charge in [-0.05, 0) is 32.2 Å². The van der Waals surface area contributed by atoms with E-state index in [-0.39, 0.29) is 0 Å². The summed E-state index contributed by atoms with van der Waals surface area (Å²) < 4.78 is 0.904. The Morgan fingerprint density at radius 2 is 1.62 bits per heavy atom. The first-order valence-corrected chi connectivity index (χ1v) is 7.01.